The van der Waals surface area contributed by atoms with E-state index in [1.165, 1.54) is 6.08 Å². The normalized spacial score (nSPS) is 43.3. The van der Waals surface area contributed by atoms with Gasteiger partial charge in [-0.3, -0.25) is 4.57 Å². The van der Waals surface area contributed by atoms with Gasteiger partial charge in [0.2, 0.25) is 0 Å². The second-order valence-electron chi connectivity index (χ2n) is 3.73. The van der Waals surface area contributed by atoms with E-state index in [0.717, 1.165) is 5.82 Å². The van der Waals surface area contributed by atoms with Gasteiger partial charge in [-0.1, -0.05) is 0 Å². The summed E-state index contributed by atoms with van der Waals surface area (Å²) in [6, 6.07) is -0.644. The van der Waals surface area contributed by atoms with Crippen LogP contribution in [0.2, 0.25) is 0 Å². The summed E-state index contributed by atoms with van der Waals surface area (Å²) in [7, 11) is 1.42. The molecule has 2 rings (SSSR count). The van der Waals surface area contributed by atoms with Crippen LogP contribution in [0.3, 0.4) is 0 Å². The molecule has 4 atom stereocenters. The Labute approximate surface area is 108 Å². The van der Waals surface area contributed by atoms with Gasteiger partial charge < -0.3 is 22.3 Å². The van der Waals surface area contributed by atoms with E-state index in [0.29, 0.717) is 0 Å². The third-order valence-corrected chi connectivity index (χ3v) is 3.69. The average Bonchev–Trinajstić information content (AvgIpc) is 2.65. The van der Waals surface area contributed by atoms with Crippen LogP contribution in [0.25, 0.3) is 0 Å². The largest absolute Gasteiger partial charge is 0.370 e. The van der Waals surface area contributed by atoms with E-state index in [1.807, 2.05) is 0 Å². The van der Waals surface area contributed by atoms with Crippen molar-refractivity contribution < 1.29 is 26.9 Å². The number of ether oxygens (including phenoxy) is 2. The van der Waals surface area contributed by atoms with Crippen molar-refractivity contribution in [2.24, 2.45) is 0 Å². The molecule has 0 aliphatic carbocycles. The molecule has 2 fully saturated rings. The Morgan fingerprint density at radius 3 is 2.81 bits per heavy atom. The first-order chi connectivity index (χ1) is 7.38. The van der Waals surface area contributed by atoms with Crippen LogP contribution in [-0.2, 0) is 17.1 Å². The first-order valence-electron chi connectivity index (χ1n) is 4.46. The second-order valence-corrected chi connectivity index (χ2v) is 5.71. The van der Waals surface area contributed by atoms with Crippen molar-refractivity contribution in [3.05, 3.63) is 11.9 Å². The van der Waals surface area contributed by atoms with Gasteiger partial charge in [0.25, 0.3) is 0 Å². The third-order valence-electron chi connectivity index (χ3n) is 2.61. The Bertz CT molecular complexity index is 359. The van der Waals surface area contributed by atoms with Gasteiger partial charge in [-0.25, -0.2) is 0 Å². The van der Waals surface area contributed by atoms with Crippen molar-refractivity contribution in [1.29, 1.82) is 0 Å². The summed E-state index contributed by atoms with van der Waals surface area (Å²) >= 11 is 1.70. The van der Waals surface area contributed by atoms with Gasteiger partial charge in [0.1, 0.15) is 48.7 Å². The zero-order chi connectivity index (χ0) is 12.0. The molecule has 0 aromatic rings. The first kappa shape index (κ1) is 13.0. The molecule has 2 aliphatic heterocycles. The minimum absolute atomic E-state index is 0.176. The summed E-state index contributed by atoms with van der Waals surface area (Å²) in [4.78, 5) is 17.6. The van der Waals surface area contributed by atoms with Crippen molar-refractivity contribution in [1.82, 2.24) is 0 Å². The van der Waals surface area contributed by atoms with E-state index in [2.05, 4.69) is 0 Å². The van der Waals surface area contributed by atoms with Gasteiger partial charge in [-0.05, 0) is 6.08 Å². The zero-order valence-electron chi connectivity index (χ0n) is 8.02. The molecular weight excluding hydrogens is 349 g/mol. The first-order valence-corrected chi connectivity index (χ1v) is 7.02. The summed E-state index contributed by atoms with van der Waals surface area (Å²) in [5.41, 5.74) is -0.994. The zero-order valence-corrected chi connectivity index (χ0v) is 11.1. The minimum Gasteiger partial charge on any atom is -0.370 e. The Morgan fingerprint density at radius 2 is 2.31 bits per heavy atom. The maximum atomic E-state index is 10.8. The van der Waals surface area contributed by atoms with Gasteiger partial charge in [0.05, 0.1) is 6.61 Å². The lowest BCUT2D eigenvalue weighted by Gasteiger charge is -2.26. The number of rotatable bonds is 3. The number of hydrogen-bond acceptors (Lipinski definition) is 4. The maximum absolute atomic E-state index is 10.8. The predicted octanol–water partition coefficient (Wildman–Crippen LogP) is 0.0754. The Balaban J connectivity index is 2.24. The molecule has 0 amide bonds. The second kappa shape index (κ2) is 4.35. The summed E-state index contributed by atoms with van der Waals surface area (Å²) < 4.78 is 26.7. The van der Waals surface area contributed by atoms with Crippen LogP contribution < -0.4 is 0 Å². The molecule has 6 nitrogen and oxygen atoms in total. The van der Waals surface area contributed by atoms with Crippen LogP contribution in [0.15, 0.2) is 11.9 Å². The van der Waals surface area contributed by atoms with Gasteiger partial charge in [0, 0.05) is 11.8 Å². The summed E-state index contributed by atoms with van der Waals surface area (Å²) in [5.74, 6) is 0.791. The van der Waals surface area contributed by atoms with Gasteiger partial charge in [-0.2, -0.15) is 0 Å². The van der Waals surface area contributed by atoms with E-state index >= 15 is 0 Å². The van der Waals surface area contributed by atoms with Crippen LogP contribution in [0.1, 0.15) is 0 Å². The quantitative estimate of drug-likeness (QED) is 0.422. The van der Waals surface area contributed by atoms with E-state index in [-0.39, 0.29) is 6.61 Å². The molecule has 0 saturated carbocycles. The molecule has 9 heteroatoms. The SMILES string of the molecule is [B][C@@H]1O[C@@]2(/C=C/P(=O)(O)O)COC1C2OI. The summed E-state index contributed by atoms with van der Waals surface area (Å²) in [6.45, 7) is 0.176. The van der Waals surface area contributed by atoms with Crippen molar-refractivity contribution in [2.75, 3.05) is 6.61 Å². The lowest BCUT2D eigenvalue weighted by atomic mass is 9.92. The minimum atomic E-state index is -4.23. The van der Waals surface area contributed by atoms with Crippen LogP contribution in [-0.4, -0.2) is 48.1 Å². The van der Waals surface area contributed by atoms with E-state index in [4.69, 9.17) is 30.2 Å². The third kappa shape index (κ3) is 2.24. The molecule has 2 radical (unpaired) electrons. The fourth-order valence-electron chi connectivity index (χ4n) is 1.89. The molecule has 0 aromatic carbocycles. The molecule has 2 bridgehead atoms. The Hall–Kier alpha value is 0.565. The van der Waals surface area contributed by atoms with Gasteiger partial charge >= 0.3 is 7.60 Å². The Morgan fingerprint density at radius 1 is 1.62 bits per heavy atom. The average molecular weight is 358 g/mol. The molecule has 2 N–H and O–H groups in total. The fourth-order valence-corrected chi connectivity index (χ4v) is 3.06. The molecule has 16 heavy (non-hydrogen) atoms. The maximum Gasteiger partial charge on any atom is 0.348 e. The van der Waals surface area contributed by atoms with Crippen LogP contribution in [0, 0.1) is 0 Å². The molecule has 2 unspecified atom stereocenters. The molecule has 2 saturated heterocycles. The van der Waals surface area contributed by atoms with E-state index < -0.39 is 31.4 Å². The topological polar surface area (TPSA) is 85.2 Å². The highest BCUT2D eigenvalue weighted by Gasteiger charge is 2.59. The molecule has 0 spiro atoms. The van der Waals surface area contributed by atoms with Crippen molar-refractivity contribution >= 4 is 38.4 Å². The lowest BCUT2D eigenvalue weighted by Crippen LogP contribution is -2.38. The van der Waals surface area contributed by atoms with Crippen molar-refractivity contribution in [3.63, 3.8) is 0 Å². The highest BCUT2D eigenvalue weighted by atomic mass is 127. The fraction of sp³-hybridized carbons (Fsp3) is 0.714. The van der Waals surface area contributed by atoms with Crippen molar-refractivity contribution in [3.8, 4) is 0 Å². The molecule has 2 aliphatic rings. The Kier molecular flexibility index (Phi) is 3.53. The number of fused-ring (bicyclic) bond motifs is 2. The van der Waals surface area contributed by atoms with Gasteiger partial charge in [0.15, 0.2) is 0 Å². The van der Waals surface area contributed by atoms with Gasteiger partial charge in [-0.15, -0.1) is 0 Å². The number of halogens is 1. The highest BCUT2D eigenvalue weighted by molar-refractivity contribution is 14.1. The van der Waals surface area contributed by atoms with E-state index in [9.17, 15) is 4.57 Å². The summed E-state index contributed by atoms with van der Waals surface area (Å²) in [6.07, 6.45) is 0.425. The molecule has 2 heterocycles. The lowest BCUT2D eigenvalue weighted by molar-refractivity contribution is -0.0915. The summed E-state index contributed by atoms with van der Waals surface area (Å²) in [5, 5.41) is 0. The number of hydrogen-bond donors (Lipinski definition) is 2. The van der Waals surface area contributed by atoms with E-state index in [1.54, 1.807) is 23.0 Å². The van der Waals surface area contributed by atoms with Crippen LogP contribution in [0.5, 0.6) is 0 Å². The molecular formula is C7H9BIO6P. The van der Waals surface area contributed by atoms with Crippen LogP contribution >= 0.6 is 30.6 Å². The molecule has 88 valence electrons. The standard InChI is InChI=1S/C7H9BIO6P/c8-6-4-5(15-9)7(14-6,3-13-4)1-2-16(10,11)12/h1-2,4-6H,3H2,(H2,10,11,12)/b2-1+/t4?,5?,6-,7+/m1/s1. The van der Waals surface area contributed by atoms with Crippen LogP contribution in [0.4, 0.5) is 0 Å². The van der Waals surface area contributed by atoms with Crippen molar-refractivity contribution in [2.45, 2.75) is 23.8 Å². The monoisotopic (exact) mass is 358 g/mol. The molecule has 0 aromatic heterocycles. The smallest absolute Gasteiger partial charge is 0.348 e. The predicted molar refractivity (Wildman–Crippen MR) is 63.2 cm³/mol. The highest BCUT2D eigenvalue weighted by Crippen LogP contribution is 2.45.